The molecule has 0 unspecified atom stereocenters. The summed E-state index contributed by atoms with van der Waals surface area (Å²) in [5.41, 5.74) is 7.51. The van der Waals surface area contributed by atoms with Crippen LogP contribution in [0.2, 0.25) is 0 Å². The van der Waals surface area contributed by atoms with Crippen molar-refractivity contribution in [2.24, 2.45) is 12.8 Å². The summed E-state index contributed by atoms with van der Waals surface area (Å²) >= 11 is 0. The molecule has 0 radical (unpaired) electrons. The summed E-state index contributed by atoms with van der Waals surface area (Å²) in [7, 11) is 1.83. The predicted molar refractivity (Wildman–Crippen MR) is 57.2 cm³/mol. The summed E-state index contributed by atoms with van der Waals surface area (Å²) < 4.78 is 1.71. The van der Waals surface area contributed by atoms with Crippen molar-refractivity contribution in [3.63, 3.8) is 0 Å². The summed E-state index contributed by atoms with van der Waals surface area (Å²) in [5.74, 6) is -0.424. The lowest BCUT2D eigenvalue weighted by atomic mass is 10.0. The molecule has 1 amide bonds. The van der Waals surface area contributed by atoms with Gasteiger partial charge in [0.2, 0.25) is 5.91 Å². The molecule has 0 aliphatic carbocycles. The lowest BCUT2D eigenvalue weighted by Crippen LogP contribution is -2.12. The zero-order chi connectivity index (χ0) is 10.8. The van der Waals surface area contributed by atoms with Gasteiger partial charge in [0.15, 0.2) is 0 Å². The monoisotopic (exact) mass is 201 g/mol. The van der Waals surface area contributed by atoms with Gasteiger partial charge < -0.3 is 5.73 Å². The zero-order valence-electron chi connectivity index (χ0n) is 8.34. The second-order valence-electron chi connectivity index (χ2n) is 3.25. The Balaban J connectivity index is 2.63. The van der Waals surface area contributed by atoms with E-state index in [-0.39, 0.29) is 0 Å². The predicted octanol–water partition coefficient (Wildman–Crippen LogP) is 1.19. The molecular weight excluding hydrogens is 190 g/mol. The first-order valence-electron chi connectivity index (χ1n) is 4.57. The van der Waals surface area contributed by atoms with E-state index in [4.69, 9.17) is 5.73 Å². The van der Waals surface area contributed by atoms with Crippen molar-refractivity contribution in [2.45, 2.75) is 0 Å². The van der Waals surface area contributed by atoms with Crippen LogP contribution in [0.3, 0.4) is 0 Å². The van der Waals surface area contributed by atoms with Crippen LogP contribution in [0.15, 0.2) is 36.5 Å². The van der Waals surface area contributed by atoms with E-state index >= 15 is 0 Å². The topological polar surface area (TPSA) is 60.9 Å². The number of carbonyl (C=O) groups is 1. The van der Waals surface area contributed by atoms with E-state index < -0.39 is 5.91 Å². The van der Waals surface area contributed by atoms with Gasteiger partial charge in [-0.05, 0) is 12.1 Å². The van der Waals surface area contributed by atoms with Crippen molar-refractivity contribution in [1.29, 1.82) is 0 Å². The Kier molecular flexibility index (Phi) is 2.25. The molecule has 0 atom stereocenters. The third-order valence-electron chi connectivity index (χ3n) is 2.29. The molecule has 0 aliphatic heterocycles. The Labute approximate surface area is 87.3 Å². The van der Waals surface area contributed by atoms with E-state index in [1.165, 1.54) is 0 Å². The molecular formula is C11H11N3O. The van der Waals surface area contributed by atoms with Crippen LogP contribution >= 0.6 is 0 Å². The van der Waals surface area contributed by atoms with Crippen molar-refractivity contribution in [3.05, 3.63) is 42.1 Å². The minimum atomic E-state index is -0.424. The number of amides is 1. The summed E-state index contributed by atoms with van der Waals surface area (Å²) in [5, 5.41) is 4.06. The molecule has 0 fully saturated rings. The SMILES string of the molecule is Cn1nccc1-c1ccccc1C(N)=O. The van der Waals surface area contributed by atoms with Crippen LogP contribution in [0.1, 0.15) is 10.4 Å². The standard InChI is InChI=1S/C11H11N3O/c1-14-10(6-7-13-14)8-4-2-3-5-9(8)11(12)15/h2-7H,1H3,(H2,12,15). The molecule has 4 nitrogen and oxygen atoms in total. The summed E-state index contributed by atoms with van der Waals surface area (Å²) in [6, 6.07) is 9.08. The Hall–Kier alpha value is -2.10. The van der Waals surface area contributed by atoms with Gasteiger partial charge in [-0.25, -0.2) is 0 Å². The Morgan fingerprint density at radius 1 is 1.33 bits per heavy atom. The Morgan fingerprint density at radius 3 is 2.67 bits per heavy atom. The zero-order valence-corrected chi connectivity index (χ0v) is 8.34. The molecule has 0 saturated heterocycles. The van der Waals surface area contributed by atoms with E-state index in [1.807, 2.05) is 25.2 Å². The number of hydrogen-bond donors (Lipinski definition) is 1. The van der Waals surface area contributed by atoms with E-state index in [0.717, 1.165) is 11.3 Å². The van der Waals surface area contributed by atoms with Crippen molar-refractivity contribution in [1.82, 2.24) is 9.78 Å². The molecule has 0 aliphatic rings. The number of aromatic nitrogens is 2. The molecule has 2 rings (SSSR count). The second-order valence-corrected chi connectivity index (χ2v) is 3.25. The van der Waals surface area contributed by atoms with Gasteiger partial charge in [-0.15, -0.1) is 0 Å². The maximum Gasteiger partial charge on any atom is 0.249 e. The van der Waals surface area contributed by atoms with E-state index in [1.54, 1.807) is 23.0 Å². The molecule has 2 N–H and O–H groups in total. The fourth-order valence-corrected chi connectivity index (χ4v) is 1.56. The number of hydrogen-bond acceptors (Lipinski definition) is 2. The Morgan fingerprint density at radius 2 is 2.07 bits per heavy atom. The molecule has 0 saturated carbocycles. The van der Waals surface area contributed by atoms with E-state index in [9.17, 15) is 4.79 Å². The molecule has 1 heterocycles. The highest BCUT2D eigenvalue weighted by molar-refractivity contribution is 5.99. The maximum atomic E-state index is 11.2. The smallest absolute Gasteiger partial charge is 0.249 e. The van der Waals surface area contributed by atoms with Crippen LogP contribution in [0, 0.1) is 0 Å². The summed E-state index contributed by atoms with van der Waals surface area (Å²) in [6.07, 6.45) is 1.69. The molecule has 1 aromatic carbocycles. The van der Waals surface area contributed by atoms with Crippen molar-refractivity contribution in [2.75, 3.05) is 0 Å². The van der Waals surface area contributed by atoms with Gasteiger partial charge in [0, 0.05) is 24.4 Å². The molecule has 0 bridgehead atoms. The van der Waals surface area contributed by atoms with Crippen LogP contribution in [-0.2, 0) is 7.05 Å². The van der Waals surface area contributed by atoms with E-state index in [0.29, 0.717) is 5.56 Å². The van der Waals surface area contributed by atoms with Crippen LogP contribution in [0.4, 0.5) is 0 Å². The number of carbonyl (C=O) groups excluding carboxylic acids is 1. The minimum Gasteiger partial charge on any atom is -0.366 e. The number of primary amides is 1. The molecule has 4 heteroatoms. The van der Waals surface area contributed by atoms with Gasteiger partial charge in [0.05, 0.1) is 5.69 Å². The maximum absolute atomic E-state index is 11.2. The lowest BCUT2D eigenvalue weighted by molar-refractivity contribution is 0.100. The minimum absolute atomic E-state index is 0.424. The molecule has 1 aromatic heterocycles. The highest BCUT2D eigenvalue weighted by Crippen LogP contribution is 2.22. The van der Waals surface area contributed by atoms with Crippen LogP contribution in [0.5, 0.6) is 0 Å². The summed E-state index contributed by atoms with van der Waals surface area (Å²) in [4.78, 5) is 11.2. The molecule has 76 valence electrons. The van der Waals surface area contributed by atoms with Gasteiger partial charge in [-0.2, -0.15) is 5.10 Å². The second kappa shape index (κ2) is 3.57. The highest BCUT2D eigenvalue weighted by atomic mass is 16.1. The quantitative estimate of drug-likeness (QED) is 0.793. The lowest BCUT2D eigenvalue weighted by Gasteiger charge is -2.06. The fourth-order valence-electron chi connectivity index (χ4n) is 1.56. The largest absolute Gasteiger partial charge is 0.366 e. The first-order chi connectivity index (χ1) is 7.20. The molecule has 15 heavy (non-hydrogen) atoms. The number of rotatable bonds is 2. The molecule has 2 aromatic rings. The number of benzene rings is 1. The summed E-state index contributed by atoms with van der Waals surface area (Å²) in [6.45, 7) is 0. The van der Waals surface area contributed by atoms with E-state index in [2.05, 4.69) is 5.10 Å². The van der Waals surface area contributed by atoms with Crippen molar-refractivity contribution in [3.8, 4) is 11.3 Å². The fraction of sp³-hybridized carbons (Fsp3) is 0.0909. The number of nitrogens with zero attached hydrogens (tertiary/aromatic N) is 2. The van der Waals surface area contributed by atoms with Gasteiger partial charge in [0.25, 0.3) is 0 Å². The molecule has 0 spiro atoms. The van der Waals surface area contributed by atoms with Gasteiger partial charge in [-0.3, -0.25) is 9.48 Å². The average Bonchev–Trinajstić information content (AvgIpc) is 2.64. The van der Waals surface area contributed by atoms with Crippen LogP contribution in [0.25, 0.3) is 11.3 Å². The van der Waals surface area contributed by atoms with Crippen LogP contribution < -0.4 is 5.73 Å². The third-order valence-corrected chi connectivity index (χ3v) is 2.29. The first kappa shape index (κ1) is 9.45. The van der Waals surface area contributed by atoms with Crippen molar-refractivity contribution >= 4 is 5.91 Å². The third kappa shape index (κ3) is 1.61. The van der Waals surface area contributed by atoms with Crippen molar-refractivity contribution < 1.29 is 4.79 Å². The first-order valence-corrected chi connectivity index (χ1v) is 4.57. The van der Waals surface area contributed by atoms with Gasteiger partial charge in [-0.1, -0.05) is 18.2 Å². The van der Waals surface area contributed by atoms with Crippen LogP contribution in [-0.4, -0.2) is 15.7 Å². The number of aryl methyl sites for hydroxylation is 1. The van der Waals surface area contributed by atoms with Gasteiger partial charge >= 0.3 is 0 Å². The average molecular weight is 201 g/mol. The van der Waals surface area contributed by atoms with Gasteiger partial charge in [0.1, 0.15) is 0 Å². The highest BCUT2D eigenvalue weighted by Gasteiger charge is 2.11. The Bertz CT molecular complexity index is 502. The number of nitrogens with two attached hydrogens (primary N) is 1. The normalized spacial score (nSPS) is 10.2.